The van der Waals surface area contributed by atoms with Crippen LogP contribution in [0.25, 0.3) is 0 Å². The Labute approximate surface area is 128 Å². The van der Waals surface area contributed by atoms with E-state index in [0.717, 1.165) is 11.3 Å². The molecule has 2 aliphatic rings. The predicted molar refractivity (Wildman–Crippen MR) is 78.8 cm³/mol. The van der Waals surface area contributed by atoms with E-state index in [1.165, 1.54) is 0 Å². The van der Waals surface area contributed by atoms with E-state index in [0.29, 0.717) is 25.0 Å². The van der Waals surface area contributed by atoms with Gasteiger partial charge >= 0.3 is 0 Å². The quantitative estimate of drug-likeness (QED) is 0.846. The third-order valence-corrected chi connectivity index (χ3v) is 4.62. The maximum Gasteiger partial charge on any atom is 0.260 e. The van der Waals surface area contributed by atoms with Crippen molar-refractivity contribution in [3.8, 4) is 5.75 Å². The third kappa shape index (κ3) is 2.60. The minimum absolute atomic E-state index is 0.0690. The smallest absolute Gasteiger partial charge is 0.260 e. The molecule has 1 aromatic carbocycles. The summed E-state index contributed by atoms with van der Waals surface area (Å²) in [5.41, 5.74) is 0.465. The minimum Gasteiger partial charge on any atom is -0.497 e. The van der Waals surface area contributed by atoms with Crippen molar-refractivity contribution in [2.45, 2.75) is 38.2 Å². The van der Waals surface area contributed by atoms with E-state index in [2.05, 4.69) is 5.32 Å². The highest BCUT2D eigenvalue weighted by atomic mass is 19.3. The standard InChI is InChI=1S/C17H19F2NO2/c1-22-14-5-3-12(4-6-14)11-20-15(21)9-13-10-16(13)7-2-8-17(16,18)19/h3-6,10H,2,7-9,11H2,1H3,(H,20,21). The van der Waals surface area contributed by atoms with Gasteiger partial charge in [-0.2, -0.15) is 0 Å². The molecule has 1 amide bonds. The van der Waals surface area contributed by atoms with Gasteiger partial charge in [0.2, 0.25) is 5.91 Å². The van der Waals surface area contributed by atoms with Crippen LogP contribution in [-0.4, -0.2) is 18.9 Å². The number of halogens is 2. The molecule has 0 saturated heterocycles. The van der Waals surface area contributed by atoms with E-state index < -0.39 is 11.3 Å². The number of rotatable bonds is 5. The number of alkyl halides is 2. The highest BCUT2D eigenvalue weighted by molar-refractivity contribution is 5.80. The molecule has 3 nitrogen and oxygen atoms in total. The highest BCUT2D eigenvalue weighted by Gasteiger charge is 2.64. The first-order valence-corrected chi connectivity index (χ1v) is 7.46. The summed E-state index contributed by atoms with van der Waals surface area (Å²) in [6.07, 6.45) is 2.60. The SMILES string of the molecule is COc1ccc(CNC(=O)CC2=CC23CCCC3(F)F)cc1. The molecule has 0 heterocycles. The molecule has 3 rings (SSSR count). The van der Waals surface area contributed by atoms with Gasteiger partial charge in [0, 0.05) is 19.4 Å². The van der Waals surface area contributed by atoms with E-state index >= 15 is 0 Å². The summed E-state index contributed by atoms with van der Waals surface area (Å²) < 4.78 is 32.7. The average molecular weight is 307 g/mol. The third-order valence-electron chi connectivity index (χ3n) is 4.62. The largest absolute Gasteiger partial charge is 0.497 e. The Hall–Kier alpha value is -1.91. The van der Waals surface area contributed by atoms with Gasteiger partial charge in [-0.25, -0.2) is 8.78 Å². The van der Waals surface area contributed by atoms with Gasteiger partial charge in [0.15, 0.2) is 0 Å². The fraction of sp³-hybridized carbons (Fsp3) is 0.471. The van der Waals surface area contributed by atoms with E-state index in [4.69, 9.17) is 4.74 Å². The maximum atomic E-state index is 13.8. The molecule has 22 heavy (non-hydrogen) atoms. The first kappa shape index (κ1) is 15.0. The molecule has 0 bridgehead atoms. The Bertz CT molecular complexity index is 610. The summed E-state index contributed by atoms with van der Waals surface area (Å²) in [5, 5.41) is 2.78. The zero-order valence-corrected chi connectivity index (χ0v) is 12.5. The number of benzene rings is 1. The van der Waals surface area contributed by atoms with Crippen LogP contribution in [0, 0.1) is 5.41 Å². The number of carbonyl (C=O) groups is 1. The second-order valence-corrected chi connectivity index (χ2v) is 6.00. The van der Waals surface area contributed by atoms with Gasteiger partial charge in [-0.15, -0.1) is 0 Å². The number of amides is 1. The zero-order chi connectivity index (χ0) is 15.8. The van der Waals surface area contributed by atoms with E-state index in [9.17, 15) is 13.6 Å². The van der Waals surface area contributed by atoms with Crippen molar-refractivity contribution in [3.63, 3.8) is 0 Å². The summed E-state index contributed by atoms with van der Waals surface area (Å²) in [7, 11) is 1.59. The summed E-state index contributed by atoms with van der Waals surface area (Å²) in [5.74, 6) is -2.12. The van der Waals surface area contributed by atoms with Gasteiger partial charge in [0.05, 0.1) is 12.5 Å². The molecule has 118 valence electrons. The van der Waals surface area contributed by atoms with Crippen molar-refractivity contribution in [3.05, 3.63) is 41.5 Å². The number of hydrogen-bond acceptors (Lipinski definition) is 2. The molecule has 1 N–H and O–H groups in total. The second kappa shape index (κ2) is 5.38. The molecule has 0 radical (unpaired) electrons. The molecule has 2 aliphatic carbocycles. The van der Waals surface area contributed by atoms with Crippen molar-refractivity contribution in [2.24, 2.45) is 5.41 Å². The molecule has 1 unspecified atom stereocenters. The number of allylic oxidation sites excluding steroid dienone is 1. The Kier molecular flexibility index (Phi) is 3.67. The van der Waals surface area contributed by atoms with Crippen molar-refractivity contribution in [1.82, 2.24) is 5.32 Å². The number of methoxy groups -OCH3 is 1. The first-order chi connectivity index (χ1) is 10.5. The summed E-state index contributed by atoms with van der Waals surface area (Å²) in [6.45, 7) is 0.388. The number of ether oxygens (including phenoxy) is 1. The zero-order valence-electron chi connectivity index (χ0n) is 12.5. The number of nitrogens with one attached hydrogen (secondary N) is 1. The lowest BCUT2D eigenvalue weighted by Crippen LogP contribution is -2.28. The monoisotopic (exact) mass is 307 g/mol. The molecule has 1 atom stereocenters. The van der Waals surface area contributed by atoms with Crippen molar-refractivity contribution in [1.29, 1.82) is 0 Å². The average Bonchev–Trinajstić information content (AvgIpc) is 3.11. The molecular weight excluding hydrogens is 288 g/mol. The van der Waals surface area contributed by atoms with E-state index in [-0.39, 0.29) is 18.7 Å². The Morgan fingerprint density at radius 2 is 2.00 bits per heavy atom. The van der Waals surface area contributed by atoms with Gasteiger partial charge in [0.25, 0.3) is 5.92 Å². The van der Waals surface area contributed by atoms with Gasteiger partial charge in [-0.05, 0) is 36.1 Å². The fourth-order valence-corrected chi connectivity index (χ4v) is 3.22. The van der Waals surface area contributed by atoms with Crippen molar-refractivity contribution >= 4 is 5.91 Å². The molecule has 1 saturated carbocycles. The lowest BCUT2D eigenvalue weighted by atomic mass is 9.93. The van der Waals surface area contributed by atoms with Crippen LogP contribution in [-0.2, 0) is 11.3 Å². The molecule has 1 aromatic rings. The topological polar surface area (TPSA) is 38.3 Å². The van der Waals surface area contributed by atoms with Crippen LogP contribution in [0.5, 0.6) is 5.75 Å². The number of carbonyl (C=O) groups excluding carboxylic acids is 1. The minimum atomic E-state index is -2.67. The molecule has 1 spiro atoms. The van der Waals surface area contributed by atoms with E-state index in [1.54, 1.807) is 13.2 Å². The summed E-state index contributed by atoms with van der Waals surface area (Å²) in [4.78, 5) is 11.9. The highest BCUT2D eigenvalue weighted by Crippen LogP contribution is 2.65. The Morgan fingerprint density at radius 3 is 2.59 bits per heavy atom. The maximum absolute atomic E-state index is 13.8. The normalized spacial score (nSPS) is 25.0. The molecule has 5 heteroatoms. The van der Waals surface area contributed by atoms with E-state index in [1.807, 2.05) is 24.3 Å². The van der Waals surface area contributed by atoms with Crippen LogP contribution in [0.4, 0.5) is 8.78 Å². The molecule has 0 aromatic heterocycles. The molecular formula is C17H19F2NO2. The van der Waals surface area contributed by atoms with Crippen molar-refractivity contribution in [2.75, 3.05) is 7.11 Å². The van der Waals surface area contributed by atoms with Crippen LogP contribution >= 0.6 is 0 Å². The van der Waals surface area contributed by atoms with Gasteiger partial charge in [-0.3, -0.25) is 4.79 Å². The second-order valence-electron chi connectivity index (χ2n) is 6.00. The summed E-state index contributed by atoms with van der Waals surface area (Å²) in [6, 6.07) is 7.36. The number of hydrogen-bond donors (Lipinski definition) is 1. The molecule has 0 aliphatic heterocycles. The van der Waals surface area contributed by atoms with Crippen LogP contribution in [0.1, 0.15) is 31.2 Å². The predicted octanol–water partition coefficient (Wildman–Crippen LogP) is 3.45. The summed E-state index contributed by atoms with van der Waals surface area (Å²) >= 11 is 0. The van der Waals surface area contributed by atoms with Crippen LogP contribution in [0.2, 0.25) is 0 Å². The first-order valence-electron chi connectivity index (χ1n) is 7.46. The van der Waals surface area contributed by atoms with Crippen molar-refractivity contribution < 1.29 is 18.3 Å². The fourth-order valence-electron chi connectivity index (χ4n) is 3.22. The molecule has 1 fully saturated rings. The van der Waals surface area contributed by atoms with Crippen LogP contribution < -0.4 is 10.1 Å². The Morgan fingerprint density at radius 1 is 1.27 bits per heavy atom. The lowest BCUT2D eigenvalue weighted by Gasteiger charge is -2.20. The lowest BCUT2D eigenvalue weighted by molar-refractivity contribution is -0.120. The van der Waals surface area contributed by atoms with Gasteiger partial charge in [-0.1, -0.05) is 18.2 Å². The Balaban J connectivity index is 1.49. The van der Waals surface area contributed by atoms with Gasteiger partial charge in [0.1, 0.15) is 5.75 Å². The van der Waals surface area contributed by atoms with Crippen LogP contribution in [0.15, 0.2) is 35.9 Å². The van der Waals surface area contributed by atoms with Crippen LogP contribution in [0.3, 0.4) is 0 Å². The van der Waals surface area contributed by atoms with Gasteiger partial charge < -0.3 is 10.1 Å².